The number of hydrogen-bond acceptors (Lipinski definition) is 3. The van der Waals surface area contributed by atoms with Crippen molar-refractivity contribution in [2.75, 3.05) is 17.2 Å². The number of nitrogens with one attached hydrogen (secondary N) is 2. The van der Waals surface area contributed by atoms with Crippen molar-refractivity contribution in [1.82, 2.24) is 0 Å². The van der Waals surface area contributed by atoms with Gasteiger partial charge in [0.2, 0.25) is 0 Å². The Morgan fingerprint density at radius 2 is 1.66 bits per heavy atom. The fourth-order valence-electron chi connectivity index (χ4n) is 4.36. The molecule has 1 unspecified atom stereocenters. The molecule has 1 atom stereocenters. The monoisotopic (exact) mass is 472 g/mol. The molecule has 2 N–H and O–H groups in total. The molecule has 35 heavy (non-hydrogen) atoms. The lowest BCUT2D eigenvalue weighted by atomic mass is 9.96. The molecule has 0 saturated carbocycles. The Bertz CT molecular complexity index is 1060. The highest BCUT2D eigenvalue weighted by Crippen LogP contribution is 2.30. The molecule has 0 radical (unpaired) electrons. The Hall–Kier alpha value is -3.27. The molecule has 3 aromatic carbocycles. The van der Waals surface area contributed by atoms with Crippen molar-refractivity contribution >= 4 is 23.0 Å². The maximum atomic E-state index is 12.8. The first-order valence-electron chi connectivity index (χ1n) is 13.0. The van der Waals surface area contributed by atoms with Crippen molar-refractivity contribution in [2.45, 2.75) is 65.7 Å². The number of hydrogen-bond donors (Lipinski definition) is 2. The highest BCUT2D eigenvalue weighted by molar-refractivity contribution is 6.04. The maximum absolute atomic E-state index is 12.8. The summed E-state index contributed by atoms with van der Waals surface area (Å²) in [7, 11) is 0. The van der Waals surface area contributed by atoms with E-state index >= 15 is 0 Å². The smallest absolute Gasteiger partial charge is 0.255 e. The molecule has 0 spiro atoms. The van der Waals surface area contributed by atoms with Crippen LogP contribution in [0.1, 0.15) is 81.6 Å². The number of benzene rings is 3. The minimum atomic E-state index is -0.107. The third kappa shape index (κ3) is 8.17. The molecule has 0 aromatic heterocycles. The molecule has 0 aliphatic heterocycles. The van der Waals surface area contributed by atoms with Crippen LogP contribution < -0.4 is 15.4 Å². The number of rotatable bonds is 13. The Morgan fingerprint density at radius 3 is 2.37 bits per heavy atom. The van der Waals surface area contributed by atoms with Gasteiger partial charge in [0.25, 0.3) is 5.91 Å². The van der Waals surface area contributed by atoms with E-state index in [4.69, 9.17) is 4.74 Å². The van der Waals surface area contributed by atoms with Crippen LogP contribution >= 0.6 is 0 Å². The van der Waals surface area contributed by atoms with Gasteiger partial charge >= 0.3 is 0 Å². The lowest BCUT2D eigenvalue weighted by molar-refractivity contribution is 0.102. The minimum absolute atomic E-state index is 0.107. The van der Waals surface area contributed by atoms with Crippen LogP contribution in [-0.4, -0.2) is 12.5 Å². The van der Waals surface area contributed by atoms with E-state index < -0.39 is 0 Å². The van der Waals surface area contributed by atoms with Gasteiger partial charge in [0.15, 0.2) is 0 Å². The molecular weight excluding hydrogens is 432 g/mol. The average molecular weight is 473 g/mol. The average Bonchev–Trinajstić information content (AvgIpc) is 2.86. The van der Waals surface area contributed by atoms with Crippen LogP contribution in [0.3, 0.4) is 0 Å². The third-order valence-electron chi connectivity index (χ3n) is 6.38. The van der Waals surface area contributed by atoms with E-state index in [2.05, 4.69) is 38.3 Å². The van der Waals surface area contributed by atoms with Crippen LogP contribution in [0.4, 0.5) is 17.1 Å². The Balaban J connectivity index is 1.64. The molecular formula is C31H40N2O2. The van der Waals surface area contributed by atoms with Gasteiger partial charge in [-0.2, -0.15) is 0 Å². The molecule has 0 fully saturated rings. The van der Waals surface area contributed by atoms with E-state index in [1.807, 2.05) is 72.8 Å². The lowest BCUT2D eigenvalue weighted by Gasteiger charge is -2.17. The predicted octanol–water partition coefficient (Wildman–Crippen LogP) is 8.79. The first-order valence-corrected chi connectivity index (χ1v) is 13.0. The summed E-state index contributed by atoms with van der Waals surface area (Å²) in [5.74, 6) is 1.84. The zero-order chi connectivity index (χ0) is 25.0. The topological polar surface area (TPSA) is 50.4 Å². The second-order valence-corrected chi connectivity index (χ2v) is 9.48. The molecule has 0 bridgehead atoms. The lowest BCUT2D eigenvalue weighted by Crippen LogP contribution is -2.12. The Kier molecular flexibility index (Phi) is 10.2. The van der Waals surface area contributed by atoms with Gasteiger partial charge in [-0.3, -0.25) is 4.79 Å². The van der Waals surface area contributed by atoms with Gasteiger partial charge in [0.05, 0.1) is 6.61 Å². The molecule has 3 rings (SSSR count). The van der Waals surface area contributed by atoms with Crippen LogP contribution in [-0.2, 0) is 0 Å². The van der Waals surface area contributed by atoms with Crippen LogP contribution in [0.5, 0.6) is 5.75 Å². The van der Waals surface area contributed by atoms with Crippen molar-refractivity contribution in [2.24, 2.45) is 5.92 Å². The molecule has 4 nitrogen and oxygen atoms in total. The molecule has 1 amide bonds. The summed E-state index contributed by atoms with van der Waals surface area (Å²) in [6, 6.07) is 23.5. The van der Waals surface area contributed by atoms with Gasteiger partial charge in [-0.1, -0.05) is 71.2 Å². The zero-order valence-corrected chi connectivity index (χ0v) is 21.6. The van der Waals surface area contributed by atoms with Gasteiger partial charge in [-0.05, 0) is 72.7 Å². The van der Waals surface area contributed by atoms with Crippen LogP contribution in [0.15, 0.2) is 72.8 Å². The molecule has 0 saturated heterocycles. The molecule has 3 aromatic rings. The van der Waals surface area contributed by atoms with Crippen molar-refractivity contribution in [3.05, 3.63) is 83.9 Å². The van der Waals surface area contributed by atoms with Crippen molar-refractivity contribution in [3.8, 4) is 5.75 Å². The molecule has 0 aliphatic carbocycles. The van der Waals surface area contributed by atoms with Crippen molar-refractivity contribution in [3.63, 3.8) is 0 Å². The number of para-hydroxylation sites is 1. The second-order valence-electron chi connectivity index (χ2n) is 9.48. The number of anilines is 3. The number of carbonyl (C=O) groups excluding carboxylic acids is 1. The SMILES string of the molecule is CCCC(CC)CCCOc1cccc(Nc2ccc(C(=O)Nc3ccccc3)cc2C(C)C)c1. The van der Waals surface area contributed by atoms with E-state index in [9.17, 15) is 4.79 Å². The van der Waals surface area contributed by atoms with E-state index in [-0.39, 0.29) is 11.8 Å². The first kappa shape index (κ1) is 26.3. The summed E-state index contributed by atoms with van der Waals surface area (Å²) in [6.07, 6.45) is 6.12. The van der Waals surface area contributed by atoms with E-state index in [1.54, 1.807) is 0 Å². The summed E-state index contributed by atoms with van der Waals surface area (Å²) in [5.41, 5.74) is 4.51. The van der Waals surface area contributed by atoms with Crippen LogP contribution in [0, 0.1) is 5.92 Å². The van der Waals surface area contributed by atoms with Crippen molar-refractivity contribution < 1.29 is 9.53 Å². The third-order valence-corrected chi connectivity index (χ3v) is 6.38. The van der Waals surface area contributed by atoms with E-state index in [1.165, 1.54) is 25.7 Å². The van der Waals surface area contributed by atoms with E-state index in [0.717, 1.165) is 47.3 Å². The predicted molar refractivity (Wildman–Crippen MR) is 148 cm³/mol. The van der Waals surface area contributed by atoms with Crippen LogP contribution in [0.25, 0.3) is 0 Å². The summed E-state index contributed by atoms with van der Waals surface area (Å²) < 4.78 is 6.05. The number of amides is 1. The van der Waals surface area contributed by atoms with Gasteiger partial charge < -0.3 is 15.4 Å². The number of carbonyl (C=O) groups is 1. The van der Waals surface area contributed by atoms with Gasteiger partial charge in [0, 0.05) is 28.7 Å². The fourth-order valence-corrected chi connectivity index (χ4v) is 4.36. The quantitative estimate of drug-likeness (QED) is 0.244. The molecule has 0 heterocycles. The highest BCUT2D eigenvalue weighted by atomic mass is 16.5. The minimum Gasteiger partial charge on any atom is -0.494 e. The number of ether oxygens (including phenoxy) is 1. The summed E-state index contributed by atoms with van der Waals surface area (Å²) in [6.45, 7) is 9.56. The van der Waals surface area contributed by atoms with Gasteiger partial charge in [-0.15, -0.1) is 0 Å². The van der Waals surface area contributed by atoms with Crippen LogP contribution in [0.2, 0.25) is 0 Å². The summed E-state index contributed by atoms with van der Waals surface area (Å²) in [5, 5.41) is 6.50. The Morgan fingerprint density at radius 1 is 0.886 bits per heavy atom. The normalized spacial score (nSPS) is 11.8. The van der Waals surface area contributed by atoms with Gasteiger partial charge in [-0.25, -0.2) is 0 Å². The highest BCUT2D eigenvalue weighted by Gasteiger charge is 2.13. The largest absolute Gasteiger partial charge is 0.494 e. The zero-order valence-electron chi connectivity index (χ0n) is 21.6. The van der Waals surface area contributed by atoms with E-state index in [0.29, 0.717) is 5.56 Å². The second kappa shape index (κ2) is 13.6. The standard InChI is InChI=1S/C31H40N2O2/c1-5-12-24(6-2)13-11-20-35-28-17-10-16-27(22-28)32-30-19-18-25(21-29(30)23(3)4)31(34)33-26-14-8-7-9-15-26/h7-10,14-19,21-24,32H,5-6,11-13,20H2,1-4H3,(H,33,34). The first-order chi connectivity index (χ1) is 17.0. The summed E-state index contributed by atoms with van der Waals surface area (Å²) in [4.78, 5) is 12.8. The van der Waals surface area contributed by atoms with Gasteiger partial charge in [0.1, 0.15) is 5.75 Å². The molecule has 4 heteroatoms. The maximum Gasteiger partial charge on any atom is 0.255 e. The Labute approximate surface area is 211 Å². The molecule has 0 aliphatic rings. The fraction of sp³-hybridized carbons (Fsp3) is 0.387. The molecule has 186 valence electrons. The summed E-state index contributed by atoms with van der Waals surface area (Å²) >= 11 is 0. The van der Waals surface area contributed by atoms with Crippen molar-refractivity contribution in [1.29, 1.82) is 0 Å².